The van der Waals surface area contributed by atoms with Gasteiger partial charge in [0.25, 0.3) is 23.6 Å². The minimum Gasteiger partial charge on any atom is -0.352 e. The van der Waals surface area contributed by atoms with Crippen LogP contribution < -0.4 is 21.3 Å². The highest BCUT2D eigenvalue weighted by Crippen LogP contribution is 2.26. The molecular formula is C30H40N4O4. The van der Waals surface area contributed by atoms with Crippen LogP contribution in [0.25, 0.3) is 0 Å². The third kappa shape index (κ3) is 7.66. The number of carbonyl (C=O) groups excluding carboxylic acids is 4. The number of hydrogen-bond acceptors (Lipinski definition) is 4. The lowest BCUT2D eigenvalue weighted by molar-refractivity contribution is 0.0943. The molecule has 0 aliphatic carbocycles. The molecule has 0 atom stereocenters. The predicted octanol–water partition coefficient (Wildman–Crippen LogP) is 3.69. The number of carbonyl (C=O) groups is 4. The van der Waals surface area contributed by atoms with Crippen LogP contribution >= 0.6 is 0 Å². The zero-order valence-corrected chi connectivity index (χ0v) is 23.3. The van der Waals surface area contributed by atoms with Gasteiger partial charge in [0.05, 0.1) is 0 Å². The fraction of sp³-hybridized carbons (Fsp3) is 0.467. The Morgan fingerprint density at radius 3 is 0.895 bits per heavy atom. The summed E-state index contributed by atoms with van der Waals surface area (Å²) in [4.78, 5) is 51.7. The Morgan fingerprint density at radius 2 is 0.684 bits per heavy atom. The first-order chi connectivity index (χ1) is 17.8. The van der Waals surface area contributed by atoms with Crippen molar-refractivity contribution in [2.75, 3.05) is 26.2 Å². The second kappa shape index (κ2) is 11.8. The molecular weight excluding hydrogens is 480 g/mol. The van der Waals surface area contributed by atoms with Crippen molar-refractivity contribution in [2.24, 2.45) is 0 Å². The van der Waals surface area contributed by atoms with Gasteiger partial charge >= 0.3 is 0 Å². The zero-order valence-electron chi connectivity index (χ0n) is 23.3. The molecule has 1 heterocycles. The maximum Gasteiger partial charge on any atom is 0.251 e. The van der Waals surface area contributed by atoms with E-state index in [1.165, 1.54) is 0 Å². The molecule has 0 radical (unpaired) electrons. The maximum absolute atomic E-state index is 12.9. The van der Waals surface area contributed by atoms with E-state index in [1.807, 2.05) is 65.8 Å². The van der Waals surface area contributed by atoms with E-state index in [-0.39, 0.29) is 34.5 Å². The van der Waals surface area contributed by atoms with Crippen LogP contribution in [0.5, 0.6) is 0 Å². The topological polar surface area (TPSA) is 116 Å². The maximum atomic E-state index is 12.9. The van der Waals surface area contributed by atoms with Crippen LogP contribution in [0.4, 0.5) is 0 Å². The van der Waals surface area contributed by atoms with Crippen LogP contribution in [0.15, 0.2) is 36.4 Å². The van der Waals surface area contributed by atoms with Crippen molar-refractivity contribution in [2.45, 2.75) is 65.2 Å². The molecule has 3 rings (SSSR count). The van der Waals surface area contributed by atoms with Crippen LogP contribution in [-0.4, -0.2) is 49.8 Å². The molecule has 0 saturated carbocycles. The average Bonchev–Trinajstić information content (AvgIpc) is 2.85. The Balaban J connectivity index is 1.85. The van der Waals surface area contributed by atoms with Crippen molar-refractivity contribution in [3.05, 3.63) is 69.8 Å². The van der Waals surface area contributed by atoms with E-state index in [9.17, 15) is 19.2 Å². The number of amides is 4. The molecule has 0 saturated heterocycles. The van der Waals surface area contributed by atoms with Crippen LogP contribution in [-0.2, 0) is 10.8 Å². The lowest BCUT2D eigenvalue weighted by Crippen LogP contribution is -2.32. The first-order valence-electron chi connectivity index (χ1n) is 13.2. The number of nitrogens with one attached hydrogen (secondary N) is 4. The van der Waals surface area contributed by atoms with Gasteiger partial charge in [0.15, 0.2) is 0 Å². The number of rotatable bonds is 0. The smallest absolute Gasteiger partial charge is 0.251 e. The van der Waals surface area contributed by atoms with Gasteiger partial charge in [-0.3, -0.25) is 19.2 Å². The van der Waals surface area contributed by atoms with E-state index in [0.29, 0.717) is 61.3 Å². The zero-order chi connectivity index (χ0) is 28.1. The monoisotopic (exact) mass is 520 g/mol. The van der Waals surface area contributed by atoms with Crippen molar-refractivity contribution >= 4 is 23.6 Å². The van der Waals surface area contributed by atoms with Gasteiger partial charge in [-0.2, -0.15) is 0 Å². The van der Waals surface area contributed by atoms with Crippen LogP contribution in [0, 0.1) is 0 Å². The molecule has 8 nitrogen and oxygen atoms in total. The molecule has 0 fully saturated rings. The average molecular weight is 521 g/mol. The molecule has 0 aromatic heterocycles. The third-order valence-electron chi connectivity index (χ3n) is 6.50. The molecule has 1 aliphatic rings. The quantitative estimate of drug-likeness (QED) is 0.424. The molecule has 204 valence electrons. The van der Waals surface area contributed by atoms with Gasteiger partial charge in [-0.05, 0) is 71.2 Å². The molecule has 0 unspecified atom stereocenters. The number of fused-ring (bicyclic) bond motifs is 4. The van der Waals surface area contributed by atoms with Crippen molar-refractivity contribution in [1.29, 1.82) is 0 Å². The normalized spacial score (nSPS) is 16.6. The van der Waals surface area contributed by atoms with E-state index in [0.717, 1.165) is 11.1 Å². The van der Waals surface area contributed by atoms with Crippen molar-refractivity contribution < 1.29 is 19.2 Å². The fourth-order valence-electron chi connectivity index (χ4n) is 4.04. The van der Waals surface area contributed by atoms with E-state index in [2.05, 4.69) is 21.3 Å². The number of benzene rings is 2. The molecule has 2 aromatic carbocycles. The summed E-state index contributed by atoms with van der Waals surface area (Å²) in [6.45, 7) is 13.6. The van der Waals surface area contributed by atoms with Crippen LogP contribution in [0.2, 0.25) is 0 Å². The fourth-order valence-corrected chi connectivity index (χ4v) is 4.04. The Hall–Kier alpha value is -3.68. The van der Waals surface area contributed by atoms with Gasteiger partial charge < -0.3 is 21.3 Å². The summed E-state index contributed by atoms with van der Waals surface area (Å²) in [6, 6.07) is 10.5. The number of hydrogen-bond donors (Lipinski definition) is 4. The molecule has 0 spiro atoms. The largest absolute Gasteiger partial charge is 0.352 e. The van der Waals surface area contributed by atoms with Gasteiger partial charge in [-0.15, -0.1) is 0 Å². The second-order valence-corrected chi connectivity index (χ2v) is 11.8. The first kappa shape index (κ1) is 28.9. The first-order valence-corrected chi connectivity index (χ1v) is 13.2. The summed E-state index contributed by atoms with van der Waals surface area (Å²) in [7, 11) is 0. The summed E-state index contributed by atoms with van der Waals surface area (Å²) in [5, 5.41) is 11.6. The molecule has 4 N–H and O–H groups in total. The SMILES string of the molecule is CC(C)(C)c1cc2cc(c1)C(=O)NCCCNC(=O)c1cc(cc(C(C)(C)C)c1)C(=O)NCCCNC2=O. The van der Waals surface area contributed by atoms with Crippen molar-refractivity contribution in [1.82, 2.24) is 21.3 Å². The molecule has 1 aliphatic heterocycles. The van der Waals surface area contributed by atoms with E-state index in [1.54, 1.807) is 12.1 Å². The second-order valence-electron chi connectivity index (χ2n) is 11.8. The predicted molar refractivity (Wildman–Crippen MR) is 149 cm³/mol. The lowest BCUT2D eigenvalue weighted by atomic mass is 9.84. The van der Waals surface area contributed by atoms with Crippen molar-refractivity contribution in [3.63, 3.8) is 0 Å². The highest BCUT2D eigenvalue weighted by Gasteiger charge is 2.21. The molecule has 4 bridgehead atoms. The minimum atomic E-state index is -0.267. The molecule has 2 aromatic rings. The van der Waals surface area contributed by atoms with Crippen LogP contribution in [0.3, 0.4) is 0 Å². The standard InChI is InChI=1S/C30H40N4O4/c1-29(2,3)23-15-19-13-20(16-23)26(36)32-10-8-12-34-28(38)22-14-21(17-24(18-22)30(4,5)6)27(37)33-11-7-9-31-25(19)35/h13-18H,7-12H2,1-6H3,(H,31,35)(H,32,36)(H,33,37)(H,34,38). The van der Waals surface area contributed by atoms with E-state index in [4.69, 9.17) is 0 Å². The highest BCUT2D eigenvalue weighted by atomic mass is 16.2. The minimum absolute atomic E-state index is 0.254. The third-order valence-corrected chi connectivity index (χ3v) is 6.50. The Morgan fingerprint density at radius 1 is 0.447 bits per heavy atom. The van der Waals surface area contributed by atoms with Gasteiger partial charge in [0, 0.05) is 48.4 Å². The Labute approximate surface area is 225 Å². The van der Waals surface area contributed by atoms with E-state index >= 15 is 0 Å². The van der Waals surface area contributed by atoms with Gasteiger partial charge in [-0.1, -0.05) is 41.5 Å². The van der Waals surface area contributed by atoms with Gasteiger partial charge in [-0.25, -0.2) is 0 Å². The molecule has 8 heteroatoms. The molecule has 38 heavy (non-hydrogen) atoms. The molecule has 4 amide bonds. The Bertz CT molecular complexity index is 1050. The van der Waals surface area contributed by atoms with E-state index < -0.39 is 0 Å². The highest BCUT2D eigenvalue weighted by molar-refractivity contribution is 6.01. The van der Waals surface area contributed by atoms with Gasteiger partial charge in [0.2, 0.25) is 0 Å². The van der Waals surface area contributed by atoms with Crippen LogP contribution in [0.1, 0.15) is 107 Å². The lowest BCUT2D eigenvalue weighted by Gasteiger charge is -2.21. The van der Waals surface area contributed by atoms with Gasteiger partial charge in [0.1, 0.15) is 0 Å². The summed E-state index contributed by atoms with van der Waals surface area (Å²) in [5.41, 5.74) is 2.92. The Kier molecular flexibility index (Phi) is 8.97. The van der Waals surface area contributed by atoms with Crippen molar-refractivity contribution in [3.8, 4) is 0 Å². The summed E-state index contributed by atoms with van der Waals surface area (Å²) in [6.07, 6.45) is 1.05. The summed E-state index contributed by atoms with van der Waals surface area (Å²) >= 11 is 0. The summed E-state index contributed by atoms with van der Waals surface area (Å²) in [5.74, 6) is -1.07. The summed E-state index contributed by atoms with van der Waals surface area (Å²) < 4.78 is 0.